The Morgan fingerprint density at radius 1 is 0.838 bits per heavy atom. The predicted octanol–water partition coefficient (Wildman–Crippen LogP) is 7.30. The Labute approximate surface area is 219 Å². The molecule has 1 amide bonds. The number of thioether (sulfide) groups is 1. The molecular weight excluding hydrogens is 478 g/mol. The van der Waals surface area contributed by atoms with Crippen LogP contribution in [0.5, 0.6) is 5.75 Å². The summed E-state index contributed by atoms with van der Waals surface area (Å²) in [6, 6.07) is 38.0. The van der Waals surface area contributed by atoms with Crippen LogP contribution in [0.3, 0.4) is 0 Å². The lowest BCUT2D eigenvalue weighted by molar-refractivity contribution is -0.0763. The van der Waals surface area contributed by atoms with Crippen molar-refractivity contribution in [3.8, 4) is 5.75 Å². The molecule has 5 nitrogen and oxygen atoms in total. The number of amides is 1. The lowest BCUT2D eigenvalue weighted by Gasteiger charge is -2.49. The van der Waals surface area contributed by atoms with Crippen LogP contribution in [0.1, 0.15) is 29.2 Å². The number of hydrogen-bond donors (Lipinski definition) is 0. The summed E-state index contributed by atoms with van der Waals surface area (Å²) in [5, 5.41) is 7.10. The number of hydrogen-bond acceptors (Lipinski definition) is 5. The zero-order valence-corrected chi connectivity index (χ0v) is 20.7. The Morgan fingerprint density at radius 2 is 1.49 bits per heavy atom. The van der Waals surface area contributed by atoms with E-state index in [0.717, 1.165) is 38.7 Å². The summed E-state index contributed by atoms with van der Waals surface area (Å²) in [4.78, 5) is 16.3. The number of rotatable bonds is 3. The molecule has 3 aliphatic heterocycles. The third-order valence-corrected chi connectivity index (χ3v) is 7.93. The molecule has 3 aliphatic rings. The van der Waals surface area contributed by atoms with Gasteiger partial charge < -0.3 is 4.74 Å². The van der Waals surface area contributed by atoms with Crippen LogP contribution in [0, 0.1) is 0 Å². The van der Waals surface area contributed by atoms with Gasteiger partial charge in [-0.05, 0) is 47.2 Å². The van der Waals surface area contributed by atoms with E-state index in [1.165, 1.54) is 11.8 Å². The Kier molecular flexibility index (Phi) is 5.15. The normalized spacial score (nSPS) is 23.1. The average Bonchev–Trinajstić information content (AvgIpc) is 3.51. The first-order valence-electron chi connectivity index (χ1n) is 12.3. The number of benzene rings is 4. The second-order valence-electron chi connectivity index (χ2n) is 9.18. The van der Waals surface area contributed by atoms with Gasteiger partial charge in [0.2, 0.25) is 0 Å². The fourth-order valence-electron chi connectivity index (χ4n) is 5.32. The van der Waals surface area contributed by atoms with E-state index in [1.807, 2.05) is 108 Å². The second-order valence-corrected chi connectivity index (χ2v) is 10.2. The van der Waals surface area contributed by atoms with E-state index in [4.69, 9.17) is 9.84 Å². The minimum absolute atomic E-state index is 0.0861. The van der Waals surface area contributed by atoms with E-state index >= 15 is 0 Å². The Morgan fingerprint density at radius 3 is 2.24 bits per heavy atom. The fraction of sp³-hybridized carbons (Fsp3) is 0.0968. The predicted molar refractivity (Wildman–Crippen MR) is 148 cm³/mol. The number of carbonyl (C=O) groups is 1. The summed E-state index contributed by atoms with van der Waals surface area (Å²) in [7, 11) is 0. The van der Waals surface area contributed by atoms with E-state index in [1.54, 1.807) is 4.90 Å². The molecule has 6 heteroatoms. The minimum atomic E-state index is -1.26. The zero-order chi connectivity index (χ0) is 24.8. The maximum atomic E-state index is 13.8. The van der Waals surface area contributed by atoms with Crippen LogP contribution < -0.4 is 9.64 Å². The maximum Gasteiger partial charge on any atom is 0.321 e. The highest BCUT2D eigenvalue weighted by molar-refractivity contribution is 8.17. The van der Waals surface area contributed by atoms with Gasteiger partial charge >= 0.3 is 5.85 Å². The molecular formula is C31H23N3O2S. The van der Waals surface area contributed by atoms with Crippen molar-refractivity contribution in [3.63, 3.8) is 0 Å². The fourth-order valence-corrected chi connectivity index (χ4v) is 6.38. The van der Waals surface area contributed by atoms with Crippen molar-refractivity contribution in [2.45, 2.75) is 18.3 Å². The van der Waals surface area contributed by atoms with Gasteiger partial charge in [0.15, 0.2) is 0 Å². The summed E-state index contributed by atoms with van der Waals surface area (Å²) >= 11 is 1.20. The number of para-hydroxylation sites is 2. The molecule has 0 saturated carbocycles. The van der Waals surface area contributed by atoms with Crippen molar-refractivity contribution in [1.29, 1.82) is 0 Å². The third-order valence-electron chi connectivity index (χ3n) is 6.97. The molecule has 0 bridgehead atoms. The van der Waals surface area contributed by atoms with Crippen LogP contribution in [0.2, 0.25) is 0 Å². The van der Waals surface area contributed by atoms with Gasteiger partial charge in [-0.2, -0.15) is 5.10 Å². The highest BCUT2D eigenvalue weighted by Gasteiger charge is 2.63. The van der Waals surface area contributed by atoms with Crippen molar-refractivity contribution >= 4 is 34.5 Å². The van der Waals surface area contributed by atoms with Crippen LogP contribution in [0.25, 0.3) is 6.08 Å². The van der Waals surface area contributed by atoms with Gasteiger partial charge in [0.1, 0.15) is 5.75 Å². The molecule has 0 radical (unpaired) electrons. The number of nitrogens with zero attached hydrogens (tertiary/aromatic N) is 3. The van der Waals surface area contributed by atoms with Crippen LogP contribution in [0.4, 0.5) is 10.5 Å². The number of carbonyl (C=O) groups excluding carboxylic acids is 1. The molecule has 4 aromatic rings. The standard InChI is InChI=1S/C31H23N3O2S/c35-30-33(24-16-8-3-9-17-24)31(29(37-30)20-22-12-4-1-5-13-22)34-27(25-18-10-11-19-28(25)36-31)21-26(32-34)23-14-6-2-7-15-23/h1-20,27H,21H2/b29-20-. The summed E-state index contributed by atoms with van der Waals surface area (Å²) in [6.45, 7) is 0. The summed E-state index contributed by atoms with van der Waals surface area (Å²) in [5.41, 5.74) is 4.87. The highest BCUT2D eigenvalue weighted by Crippen LogP contribution is 2.57. The van der Waals surface area contributed by atoms with Gasteiger partial charge in [-0.3, -0.25) is 4.79 Å². The van der Waals surface area contributed by atoms with Gasteiger partial charge in [-0.1, -0.05) is 97.1 Å². The molecule has 2 atom stereocenters. The lowest BCUT2D eigenvalue weighted by atomic mass is 9.95. The zero-order valence-electron chi connectivity index (χ0n) is 19.9. The average molecular weight is 502 g/mol. The molecule has 1 spiro atoms. The number of ether oxygens (including phenoxy) is 1. The maximum absolute atomic E-state index is 13.8. The number of hydrazone groups is 1. The lowest BCUT2D eigenvalue weighted by Crippen LogP contribution is -2.63. The van der Waals surface area contributed by atoms with Crippen molar-refractivity contribution in [3.05, 3.63) is 137 Å². The largest absolute Gasteiger partial charge is 0.443 e. The molecule has 0 N–H and O–H groups in total. The van der Waals surface area contributed by atoms with Gasteiger partial charge in [0, 0.05) is 12.0 Å². The molecule has 7 rings (SSSR count). The molecule has 0 aliphatic carbocycles. The topological polar surface area (TPSA) is 45.1 Å². The van der Waals surface area contributed by atoms with Crippen molar-refractivity contribution < 1.29 is 9.53 Å². The van der Waals surface area contributed by atoms with Crippen molar-refractivity contribution in [1.82, 2.24) is 5.01 Å². The minimum Gasteiger partial charge on any atom is -0.443 e. The van der Waals surface area contributed by atoms with Gasteiger partial charge in [-0.25, -0.2) is 9.91 Å². The van der Waals surface area contributed by atoms with Gasteiger partial charge in [-0.15, -0.1) is 0 Å². The van der Waals surface area contributed by atoms with Gasteiger partial charge in [0.05, 0.1) is 22.3 Å². The second kappa shape index (κ2) is 8.68. The Balaban J connectivity index is 1.49. The first kappa shape index (κ1) is 21.9. The monoisotopic (exact) mass is 501 g/mol. The van der Waals surface area contributed by atoms with Crippen LogP contribution >= 0.6 is 11.8 Å². The van der Waals surface area contributed by atoms with Crippen molar-refractivity contribution in [2.75, 3.05) is 4.90 Å². The number of anilines is 1. The molecule has 2 unspecified atom stereocenters. The first-order chi connectivity index (χ1) is 18.2. The summed E-state index contributed by atoms with van der Waals surface area (Å²) in [5.74, 6) is -0.488. The Bertz CT molecular complexity index is 1540. The molecule has 1 saturated heterocycles. The highest BCUT2D eigenvalue weighted by atomic mass is 32.2. The molecule has 37 heavy (non-hydrogen) atoms. The van der Waals surface area contributed by atoms with E-state index in [2.05, 4.69) is 18.2 Å². The molecule has 4 aromatic carbocycles. The molecule has 3 heterocycles. The van der Waals surface area contributed by atoms with E-state index < -0.39 is 5.85 Å². The van der Waals surface area contributed by atoms with Crippen LogP contribution in [-0.2, 0) is 0 Å². The van der Waals surface area contributed by atoms with E-state index in [0.29, 0.717) is 6.42 Å². The quantitative estimate of drug-likeness (QED) is 0.296. The summed E-state index contributed by atoms with van der Waals surface area (Å²) in [6.07, 6.45) is 2.76. The molecule has 0 aromatic heterocycles. The van der Waals surface area contributed by atoms with E-state index in [9.17, 15) is 4.79 Å². The van der Waals surface area contributed by atoms with Crippen LogP contribution in [0.15, 0.2) is 125 Å². The number of fused-ring (bicyclic) bond motifs is 4. The Hall–Kier alpha value is -4.29. The van der Waals surface area contributed by atoms with Gasteiger partial charge in [0.25, 0.3) is 5.24 Å². The van der Waals surface area contributed by atoms with Crippen LogP contribution in [-0.4, -0.2) is 21.8 Å². The van der Waals surface area contributed by atoms with Crippen molar-refractivity contribution in [2.24, 2.45) is 5.10 Å². The third kappa shape index (κ3) is 3.48. The first-order valence-corrected chi connectivity index (χ1v) is 13.1. The molecule has 180 valence electrons. The smallest absolute Gasteiger partial charge is 0.321 e. The molecule has 1 fully saturated rings. The van der Waals surface area contributed by atoms with E-state index in [-0.39, 0.29) is 11.3 Å². The summed E-state index contributed by atoms with van der Waals surface area (Å²) < 4.78 is 6.94. The SMILES string of the molecule is O=C1S/C(=C\c2ccccc2)C2(Oc3ccccc3C3CC(c4ccccc4)=NN32)N1c1ccccc1.